The molecule has 0 saturated heterocycles. The van der Waals surface area contributed by atoms with Crippen LogP contribution in [0.5, 0.6) is 0 Å². The van der Waals surface area contributed by atoms with Gasteiger partial charge in [-0.2, -0.15) is 0 Å². The average Bonchev–Trinajstić information content (AvgIpc) is 2.73. The molecule has 16 heavy (non-hydrogen) atoms. The SMILES string of the molecule is CC(C)n1nnc(C=O)c1C1CCCCC1. The molecule has 0 bridgehead atoms. The zero-order chi connectivity index (χ0) is 11.5. The van der Waals surface area contributed by atoms with Gasteiger partial charge in [0.2, 0.25) is 0 Å². The second-order valence-electron chi connectivity index (χ2n) is 4.85. The summed E-state index contributed by atoms with van der Waals surface area (Å²) in [6.45, 7) is 4.16. The van der Waals surface area contributed by atoms with Crippen LogP contribution in [0.2, 0.25) is 0 Å². The number of carbonyl (C=O) groups is 1. The molecule has 4 nitrogen and oxygen atoms in total. The molecular weight excluding hydrogens is 202 g/mol. The fourth-order valence-corrected chi connectivity index (χ4v) is 2.55. The van der Waals surface area contributed by atoms with Gasteiger partial charge in [0, 0.05) is 12.0 Å². The van der Waals surface area contributed by atoms with Crippen LogP contribution >= 0.6 is 0 Å². The van der Waals surface area contributed by atoms with E-state index in [1.54, 1.807) is 0 Å². The van der Waals surface area contributed by atoms with Crippen LogP contribution in [0.4, 0.5) is 0 Å². The van der Waals surface area contributed by atoms with Crippen molar-refractivity contribution in [3.63, 3.8) is 0 Å². The van der Waals surface area contributed by atoms with Crippen molar-refractivity contribution in [3.8, 4) is 0 Å². The Bertz CT molecular complexity index is 364. The third kappa shape index (κ3) is 2.01. The normalized spacial score (nSPS) is 17.9. The molecule has 1 saturated carbocycles. The van der Waals surface area contributed by atoms with Gasteiger partial charge in [-0.3, -0.25) is 4.79 Å². The lowest BCUT2D eigenvalue weighted by molar-refractivity contribution is 0.111. The van der Waals surface area contributed by atoms with Crippen molar-refractivity contribution in [2.24, 2.45) is 0 Å². The maximum Gasteiger partial charge on any atom is 0.172 e. The Hall–Kier alpha value is -1.19. The van der Waals surface area contributed by atoms with E-state index in [-0.39, 0.29) is 6.04 Å². The van der Waals surface area contributed by atoms with Crippen LogP contribution in [0.25, 0.3) is 0 Å². The summed E-state index contributed by atoms with van der Waals surface area (Å²) >= 11 is 0. The van der Waals surface area contributed by atoms with E-state index < -0.39 is 0 Å². The van der Waals surface area contributed by atoms with E-state index in [0.717, 1.165) is 12.0 Å². The van der Waals surface area contributed by atoms with Crippen molar-refractivity contribution in [1.82, 2.24) is 15.0 Å². The van der Waals surface area contributed by atoms with Crippen molar-refractivity contribution < 1.29 is 4.79 Å². The molecule has 0 N–H and O–H groups in total. The number of hydrogen-bond donors (Lipinski definition) is 0. The van der Waals surface area contributed by atoms with Crippen molar-refractivity contribution >= 4 is 6.29 Å². The van der Waals surface area contributed by atoms with E-state index in [9.17, 15) is 4.79 Å². The van der Waals surface area contributed by atoms with Gasteiger partial charge in [0.1, 0.15) is 5.69 Å². The number of aldehydes is 1. The molecule has 0 aromatic carbocycles. The second-order valence-corrected chi connectivity index (χ2v) is 4.85. The maximum atomic E-state index is 11.0. The highest BCUT2D eigenvalue weighted by atomic mass is 16.1. The first-order valence-electron chi connectivity index (χ1n) is 6.14. The standard InChI is InChI=1S/C12H19N3O/c1-9(2)15-12(11(8-16)13-14-15)10-6-4-3-5-7-10/h8-10H,3-7H2,1-2H3. The molecule has 0 aliphatic heterocycles. The summed E-state index contributed by atoms with van der Waals surface area (Å²) in [5, 5.41) is 8.07. The molecule has 1 fully saturated rings. The van der Waals surface area contributed by atoms with Gasteiger partial charge in [-0.15, -0.1) is 5.10 Å². The predicted octanol–water partition coefficient (Wildman–Crippen LogP) is 2.72. The molecule has 0 spiro atoms. The molecule has 1 aliphatic rings. The second kappa shape index (κ2) is 4.76. The van der Waals surface area contributed by atoms with E-state index in [2.05, 4.69) is 24.2 Å². The minimum Gasteiger partial charge on any atom is -0.296 e. The Kier molecular flexibility index (Phi) is 3.36. The number of rotatable bonds is 3. The Morgan fingerprint density at radius 1 is 1.31 bits per heavy atom. The first kappa shape index (κ1) is 11.3. The van der Waals surface area contributed by atoms with Gasteiger partial charge in [-0.25, -0.2) is 4.68 Å². The molecule has 1 aromatic rings. The van der Waals surface area contributed by atoms with Gasteiger partial charge < -0.3 is 0 Å². The Morgan fingerprint density at radius 3 is 2.56 bits per heavy atom. The molecule has 2 rings (SSSR count). The molecule has 0 amide bonds. The maximum absolute atomic E-state index is 11.0. The summed E-state index contributed by atoms with van der Waals surface area (Å²) in [6, 6.07) is 0.276. The molecule has 88 valence electrons. The highest BCUT2D eigenvalue weighted by Gasteiger charge is 2.24. The summed E-state index contributed by atoms with van der Waals surface area (Å²) in [5.41, 5.74) is 1.60. The lowest BCUT2D eigenvalue weighted by Gasteiger charge is -2.23. The van der Waals surface area contributed by atoms with E-state index in [1.807, 2.05) is 4.68 Å². The first-order valence-corrected chi connectivity index (χ1v) is 6.14. The summed E-state index contributed by atoms with van der Waals surface area (Å²) < 4.78 is 1.92. The van der Waals surface area contributed by atoms with E-state index in [0.29, 0.717) is 11.6 Å². The molecule has 0 unspecified atom stereocenters. The van der Waals surface area contributed by atoms with Crippen LogP contribution in [-0.2, 0) is 0 Å². The van der Waals surface area contributed by atoms with Gasteiger partial charge in [0.25, 0.3) is 0 Å². The average molecular weight is 221 g/mol. The molecule has 0 radical (unpaired) electrons. The third-order valence-electron chi connectivity index (χ3n) is 3.35. The van der Waals surface area contributed by atoms with Crippen LogP contribution in [0.3, 0.4) is 0 Å². The summed E-state index contributed by atoms with van der Waals surface area (Å²) in [4.78, 5) is 11.0. The minimum absolute atomic E-state index is 0.276. The third-order valence-corrected chi connectivity index (χ3v) is 3.35. The van der Waals surface area contributed by atoms with Crippen LogP contribution in [-0.4, -0.2) is 21.3 Å². The summed E-state index contributed by atoms with van der Waals surface area (Å²) in [6.07, 6.45) is 7.01. The highest BCUT2D eigenvalue weighted by Crippen LogP contribution is 2.34. The van der Waals surface area contributed by atoms with Crippen LogP contribution in [0.15, 0.2) is 0 Å². The zero-order valence-electron chi connectivity index (χ0n) is 10.0. The fraction of sp³-hybridized carbons (Fsp3) is 0.750. The van der Waals surface area contributed by atoms with Crippen molar-refractivity contribution in [1.29, 1.82) is 0 Å². The summed E-state index contributed by atoms with van der Waals surface area (Å²) in [7, 11) is 0. The van der Waals surface area contributed by atoms with Crippen LogP contribution < -0.4 is 0 Å². The van der Waals surface area contributed by atoms with Gasteiger partial charge >= 0.3 is 0 Å². The Morgan fingerprint density at radius 2 is 2.00 bits per heavy atom. The van der Waals surface area contributed by atoms with E-state index >= 15 is 0 Å². The summed E-state index contributed by atoms with van der Waals surface area (Å²) in [5.74, 6) is 0.478. The topological polar surface area (TPSA) is 47.8 Å². The molecule has 1 aromatic heterocycles. The van der Waals surface area contributed by atoms with Crippen molar-refractivity contribution in [3.05, 3.63) is 11.4 Å². The van der Waals surface area contributed by atoms with E-state index in [4.69, 9.17) is 0 Å². The molecule has 1 heterocycles. The van der Waals surface area contributed by atoms with Gasteiger partial charge in [0.15, 0.2) is 6.29 Å². The quantitative estimate of drug-likeness (QED) is 0.737. The zero-order valence-corrected chi connectivity index (χ0v) is 10.0. The number of aromatic nitrogens is 3. The smallest absolute Gasteiger partial charge is 0.172 e. The molecule has 0 atom stereocenters. The van der Waals surface area contributed by atoms with Crippen molar-refractivity contribution in [2.75, 3.05) is 0 Å². The van der Waals surface area contributed by atoms with Gasteiger partial charge in [0.05, 0.1) is 5.69 Å². The lowest BCUT2D eigenvalue weighted by Crippen LogP contribution is -2.15. The highest BCUT2D eigenvalue weighted by molar-refractivity contribution is 5.73. The van der Waals surface area contributed by atoms with Crippen molar-refractivity contribution in [2.45, 2.75) is 57.9 Å². The molecular formula is C12H19N3O. The van der Waals surface area contributed by atoms with Crippen LogP contribution in [0.1, 0.15) is 74.1 Å². The lowest BCUT2D eigenvalue weighted by atomic mass is 9.86. The number of hydrogen-bond acceptors (Lipinski definition) is 3. The Labute approximate surface area is 96.0 Å². The molecule has 1 aliphatic carbocycles. The molecule has 4 heteroatoms. The number of carbonyl (C=O) groups excluding carboxylic acids is 1. The first-order chi connectivity index (χ1) is 7.74. The fourth-order valence-electron chi connectivity index (χ4n) is 2.55. The van der Waals surface area contributed by atoms with Crippen LogP contribution in [0, 0.1) is 0 Å². The predicted molar refractivity (Wildman–Crippen MR) is 61.6 cm³/mol. The largest absolute Gasteiger partial charge is 0.296 e. The number of nitrogens with zero attached hydrogens (tertiary/aromatic N) is 3. The Balaban J connectivity index is 2.34. The minimum atomic E-state index is 0.276. The van der Waals surface area contributed by atoms with Gasteiger partial charge in [-0.1, -0.05) is 24.5 Å². The van der Waals surface area contributed by atoms with Gasteiger partial charge in [-0.05, 0) is 26.7 Å². The monoisotopic (exact) mass is 221 g/mol. The van der Waals surface area contributed by atoms with E-state index in [1.165, 1.54) is 32.1 Å².